The van der Waals surface area contributed by atoms with Gasteiger partial charge in [-0.1, -0.05) is 0 Å². The van der Waals surface area contributed by atoms with Crippen LogP contribution in [-0.2, 0) is 11.3 Å². The molecule has 4 rings (SSSR count). The Kier molecular flexibility index (Phi) is 5.45. The Balaban J connectivity index is 1.45. The van der Waals surface area contributed by atoms with Crippen LogP contribution in [0.1, 0.15) is 25.7 Å². The van der Waals surface area contributed by atoms with E-state index in [0.717, 1.165) is 70.4 Å². The average Bonchev–Trinajstić information content (AvgIpc) is 2.71. The predicted molar refractivity (Wildman–Crippen MR) is 102 cm³/mol. The lowest BCUT2D eigenvalue weighted by Gasteiger charge is -2.26. The Morgan fingerprint density at radius 3 is 2.65 bits per heavy atom. The number of morpholine rings is 1. The number of nitrogens with zero attached hydrogens (tertiary/aromatic N) is 5. The summed E-state index contributed by atoms with van der Waals surface area (Å²) in [4.78, 5) is 26.4. The molecular formula is C19H27N5O2. The van der Waals surface area contributed by atoms with E-state index >= 15 is 0 Å². The molecule has 7 heteroatoms. The predicted octanol–water partition coefficient (Wildman–Crippen LogP) is 1.50. The standard InChI is InChI=1S/C19H27N5O2/c25-18-16-15-20-19(24-7-2-1-3-8-24)21-17(16)5-10-23(18)9-4-6-22-11-13-26-14-12-22/h5,10,15H,1-4,6-9,11-14H2. The number of hydrogen-bond donors (Lipinski definition) is 0. The van der Waals surface area contributed by atoms with Crippen LogP contribution in [0, 0.1) is 0 Å². The summed E-state index contributed by atoms with van der Waals surface area (Å²) in [6.07, 6.45) is 8.18. The first-order valence-corrected chi connectivity index (χ1v) is 9.72. The third-order valence-corrected chi connectivity index (χ3v) is 5.33. The van der Waals surface area contributed by atoms with E-state index in [2.05, 4.69) is 19.8 Å². The third kappa shape index (κ3) is 3.88. The SMILES string of the molecule is O=c1c2cnc(N3CCCCC3)nc2ccn1CCCN1CCOCC1. The Morgan fingerprint density at radius 2 is 1.85 bits per heavy atom. The second-order valence-corrected chi connectivity index (χ2v) is 7.14. The van der Waals surface area contributed by atoms with Gasteiger partial charge in [0, 0.05) is 51.7 Å². The van der Waals surface area contributed by atoms with Crippen LogP contribution < -0.4 is 10.5 Å². The van der Waals surface area contributed by atoms with Crippen LogP contribution in [0.5, 0.6) is 0 Å². The van der Waals surface area contributed by atoms with E-state index < -0.39 is 0 Å². The van der Waals surface area contributed by atoms with Gasteiger partial charge in [0.25, 0.3) is 5.56 Å². The largest absolute Gasteiger partial charge is 0.379 e. The highest BCUT2D eigenvalue weighted by atomic mass is 16.5. The summed E-state index contributed by atoms with van der Waals surface area (Å²) in [6, 6.07) is 1.95. The van der Waals surface area contributed by atoms with Crippen molar-refractivity contribution in [1.29, 1.82) is 0 Å². The van der Waals surface area contributed by atoms with Gasteiger partial charge in [-0.15, -0.1) is 0 Å². The van der Waals surface area contributed by atoms with E-state index in [1.54, 1.807) is 10.8 Å². The Bertz CT molecular complexity index is 794. The topological polar surface area (TPSA) is 63.5 Å². The molecule has 0 unspecified atom stereocenters. The fraction of sp³-hybridized carbons (Fsp3) is 0.632. The van der Waals surface area contributed by atoms with Crippen molar-refractivity contribution in [3.63, 3.8) is 0 Å². The van der Waals surface area contributed by atoms with Gasteiger partial charge >= 0.3 is 0 Å². The molecule has 0 spiro atoms. The fourth-order valence-corrected chi connectivity index (χ4v) is 3.77. The first kappa shape index (κ1) is 17.4. The van der Waals surface area contributed by atoms with Crippen LogP contribution in [0.4, 0.5) is 5.95 Å². The van der Waals surface area contributed by atoms with E-state index in [1.165, 1.54) is 19.3 Å². The summed E-state index contributed by atoms with van der Waals surface area (Å²) in [6.45, 7) is 7.32. The minimum atomic E-state index is 0.00896. The van der Waals surface area contributed by atoms with Crippen molar-refractivity contribution in [3.05, 3.63) is 28.8 Å². The normalized spacial score (nSPS) is 19.2. The molecule has 140 valence electrons. The smallest absolute Gasteiger partial charge is 0.261 e. The number of rotatable bonds is 5. The van der Waals surface area contributed by atoms with Crippen LogP contribution in [0.15, 0.2) is 23.3 Å². The zero-order valence-corrected chi connectivity index (χ0v) is 15.3. The lowest BCUT2D eigenvalue weighted by molar-refractivity contribution is 0.0369. The Labute approximate surface area is 153 Å². The molecule has 2 aromatic heterocycles. The third-order valence-electron chi connectivity index (χ3n) is 5.33. The van der Waals surface area contributed by atoms with Gasteiger partial charge in [-0.05, 0) is 31.7 Å². The molecular weight excluding hydrogens is 330 g/mol. The molecule has 0 aromatic carbocycles. The van der Waals surface area contributed by atoms with Gasteiger partial charge in [0.05, 0.1) is 24.1 Å². The molecule has 0 atom stereocenters. The van der Waals surface area contributed by atoms with Crippen LogP contribution in [0.3, 0.4) is 0 Å². The second-order valence-electron chi connectivity index (χ2n) is 7.14. The first-order valence-electron chi connectivity index (χ1n) is 9.72. The van der Waals surface area contributed by atoms with E-state index in [9.17, 15) is 4.79 Å². The zero-order chi connectivity index (χ0) is 17.8. The molecule has 0 aliphatic carbocycles. The maximum absolute atomic E-state index is 12.7. The molecule has 7 nitrogen and oxygen atoms in total. The highest BCUT2D eigenvalue weighted by Crippen LogP contribution is 2.17. The number of fused-ring (bicyclic) bond motifs is 1. The number of anilines is 1. The highest BCUT2D eigenvalue weighted by Gasteiger charge is 2.15. The summed E-state index contributed by atoms with van der Waals surface area (Å²) < 4.78 is 7.16. The molecule has 26 heavy (non-hydrogen) atoms. The summed E-state index contributed by atoms with van der Waals surface area (Å²) in [5.74, 6) is 0.752. The van der Waals surface area contributed by atoms with E-state index in [1.807, 2.05) is 12.3 Å². The summed E-state index contributed by atoms with van der Waals surface area (Å²) in [5.41, 5.74) is 0.754. The summed E-state index contributed by atoms with van der Waals surface area (Å²) >= 11 is 0. The van der Waals surface area contributed by atoms with Gasteiger partial charge in [-0.2, -0.15) is 0 Å². The van der Waals surface area contributed by atoms with Gasteiger partial charge in [0.2, 0.25) is 5.95 Å². The number of aromatic nitrogens is 3. The van der Waals surface area contributed by atoms with E-state index in [-0.39, 0.29) is 5.56 Å². The number of piperidine rings is 1. The minimum absolute atomic E-state index is 0.00896. The van der Waals surface area contributed by atoms with E-state index in [4.69, 9.17) is 4.74 Å². The summed E-state index contributed by atoms with van der Waals surface area (Å²) in [5, 5.41) is 0.611. The van der Waals surface area contributed by atoms with Crippen molar-refractivity contribution in [3.8, 4) is 0 Å². The highest BCUT2D eigenvalue weighted by molar-refractivity contribution is 5.77. The Hall–Kier alpha value is -1.99. The number of hydrogen-bond acceptors (Lipinski definition) is 6. The van der Waals surface area contributed by atoms with Crippen LogP contribution >= 0.6 is 0 Å². The monoisotopic (exact) mass is 357 g/mol. The Morgan fingerprint density at radius 1 is 1.04 bits per heavy atom. The molecule has 2 saturated heterocycles. The molecule has 4 heterocycles. The van der Waals surface area contributed by atoms with Crippen molar-refractivity contribution in [2.24, 2.45) is 0 Å². The van der Waals surface area contributed by atoms with Crippen molar-refractivity contribution in [2.45, 2.75) is 32.2 Å². The minimum Gasteiger partial charge on any atom is -0.379 e. The van der Waals surface area contributed by atoms with Crippen molar-refractivity contribution < 1.29 is 4.74 Å². The first-order chi connectivity index (χ1) is 12.8. The van der Waals surface area contributed by atoms with Crippen molar-refractivity contribution >= 4 is 16.9 Å². The zero-order valence-electron chi connectivity index (χ0n) is 15.3. The van der Waals surface area contributed by atoms with Gasteiger partial charge in [0.1, 0.15) is 0 Å². The number of pyridine rings is 1. The van der Waals surface area contributed by atoms with Crippen molar-refractivity contribution in [2.75, 3.05) is 50.8 Å². The van der Waals surface area contributed by atoms with Crippen molar-refractivity contribution in [1.82, 2.24) is 19.4 Å². The van der Waals surface area contributed by atoms with Gasteiger partial charge in [-0.25, -0.2) is 9.97 Å². The number of aryl methyl sites for hydroxylation is 1. The quantitative estimate of drug-likeness (QED) is 0.808. The maximum Gasteiger partial charge on any atom is 0.261 e. The fourth-order valence-electron chi connectivity index (χ4n) is 3.77. The molecule has 2 fully saturated rings. The molecule has 0 bridgehead atoms. The van der Waals surface area contributed by atoms with Crippen LogP contribution in [-0.4, -0.2) is 65.4 Å². The van der Waals surface area contributed by atoms with Gasteiger partial charge < -0.3 is 14.2 Å². The van der Waals surface area contributed by atoms with Gasteiger partial charge in [-0.3, -0.25) is 9.69 Å². The van der Waals surface area contributed by atoms with Crippen LogP contribution in [0.25, 0.3) is 10.9 Å². The second kappa shape index (κ2) is 8.14. The molecule has 2 aliphatic heterocycles. The average molecular weight is 357 g/mol. The molecule has 2 aliphatic rings. The molecule has 2 aromatic rings. The van der Waals surface area contributed by atoms with Crippen LogP contribution in [0.2, 0.25) is 0 Å². The number of ether oxygens (including phenoxy) is 1. The molecule has 0 amide bonds. The lowest BCUT2D eigenvalue weighted by Crippen LogP contribution is -2.37. The van der Waals surface area contributed by atoms with E-state index in [0.29, 0.717) is 5.39 Å². The molecule has 0 N–H and O–H groups in total. The maximum atomic E-state index is 12.7. The van der Waals surface area contributed by atoms with Gasteiger partial charge in [0.15, 0.2) is 0 Å². The molecule has 0 saturated carbocycles. The lowest BCUT2D eigenvalue weighted by atomic mass is 10.1. The molecule has 0 radical (unpaired) electrons. The summed E-state index contributed by atoms with van der Waals surface area (Å²) in [7, 11) is 0.